The van der Waals surface area contributed by atoms with E-state index in [4.69, 9.17) is 4.74 Å². The molecule has 0 aliphatic carbocycles. The number of methoxy groups -OCH3 is 1. The van der Waals surface area contributed by atoms with Gasteiger partial charge in [0.05, 0.1) is 7.11 Å². The number of anilines is 1. The summed E-state index contributed by atoms with van der Waals surface area (Å²) >= 11 is 0. The molecule has 1 aromatic carbocycles. The summed E-state index contributed by atoms with van der Waals surface area (Å²) in [5, 5.41) is 13.3. The minimum atomic E-state index is -0.199. The molecule has 3 N–H and O–H groups in total. The molecule has 0 saturated heterocycles. The number of nitrogens with zero attached hydrogens (tertiary/aromatic N) is 1. The Morgan fingerprint density at radius 2 is 2.18 bits per heavy atom. The number of aryl methyl sites for hydroxylation is 1. The quantitative estimate of drug-likeness (QED) is 0.809. The highest BCUT2D eigenvalue weighted by molar-refractivity contribution is 6.04. The first-order chi connectivity index (χ1) is 10.6. The van der Waals surface area contributed by atoms with Gasteiger partial charge >= 0.3 is 0 Å². The van der Waals surface area contributed by atoms with Gasteiger partial charge in [-0.05, 0) is 25.5 Å². The normalized spacial score (nSPS) is 13.6. The Morgan fingerprint density at radius 3 is 2.95 bits per heavy atom. The van der Waals surface area contributed by atoms with Crippen LogP contribution in [0.15, 0.2) is 12.1 Å². The van der Waals surface area contributed by atoms with Crippen LogP contribution < -0.4 is 15.4 Å². The van der Waals surface area contributed by atoms with Crippen molar-refractivity contribution in [2.45, 2.75) is 26.8 Å². The minimum Gasteiger partial charge on any atom is -0.496 e. The maximum Gasteiger partial charge on any atom is 0.276 e. The van der Waals surface area contributed by atoms with Crippen LogP contribution >= 0.6 is 0 Å². The Morgan fingerprint density at radius 1 is 1.36 bits per heavy atom. The van der Waals surface area contributed by atoms with Crippen molar-refractivity contribution in [3.8, 4) is 5.75 Å². The SMILES string of the molecule is COc1c(C)ccc(NC(=O)c2n[nH]c3c2CNCC3)c1C. The maximum absolute atomic E-state index is 12.5. The third-order valence-corrected chi connectivity index (χ3v) is 4.08. The molecule has 6 nitrogen and oxygen atoms in total. The van der Waals surface area contributed by atoms with Crippen molar-refractivity contribution >= 4 is 11.6 Å². The lowest BCUT2D eigenvalue weighted by Gasteiger charge is -2.15. The van der Waals surface area contributed by atoms with Crippen LogP contribution in [0.1, 0.15) is 32.9 Å². The van der Waals surface area contributed by atoms with Gasteiger partial charge in [-0.1, -0.05) is 6.07 Å². The summed E-state index contributed by atoms with van der Waals surface area (Å²) in [5.41, 5.74) is 5.16. The highest BCUT2D eigenvalue weighted by atomic mass is 16.5. The van der Waals surface area contributed by atoms with Gasteiger partial charge in [-0.15, -0.1) is 0 Å². The summed E-state index contributed by atoms with van der Waals surface area (Å²) in [7, 11) is 1.64. The van der Waals surface area contributed by atoms with Crippen LogP contribution in [-0.2, 0) is 13.0 Å². The van der Waals surface area contributed by atoms with Crippen LogP contribution in [0.25, 0.3) is 0 Å². The minimum absolute atomic E-state index is 0.199. The van der Waals surface area contributed by atoms with E-state index in [2.05, 4.69) is 20.8 Å². The number of hydrogen-bond donors (Lipinski definition) is 3. The summed E-state index contributed by atoms with van der Waals surface area (Å²) in [6.07, 6.45) is 0.868. The molecule has 1 aliphatic rings. The lowest BCUT2D eigenvalue weighted by molar-refractivity contribution is 0.102. The van der Waals surface area contributed by atoms with Gasteiger partial charge in [-0.2, -0.15) is 5.10 Å². The predicted molar refractivity (Wildman–Crippen MR) is 84.4 cm³/mol. The molecule has 6 heteroatoms. The summed E-state index contributed by atoms with van der Waals surface area (Å²) < 4.78 is 5.40. The molecule has 1 aromatic heterocycles. The van der Waals surface area contributed by atoms with Gasteiger partial charge in [0.2, 0.25) is 0 Å². The van der Waals surface area contributed by atoms with Gasteiger partial charge in [0.1, 0.15) is 5.75 Å². The van der Waals surface area contributed by atoms with E-state index in [9.17, 15) is 4.79 Å². The second kappa shape index (κ2) is 5.81. The zero-order chi connectivity index (χ0) is 15.7. The number of carbonyl (C=O) groups is 1. The molecule has 0 saturated carbocycles. The third-order valence-electron chi connectivity index (χ3n) is 4.08. The van der Waals surface area contributed by atoms with Crippen LogP contribution in [0.4, 0.5) is 5.69 Å². The van der Waals surface area contributed by atoms with E-state index >= 15 is 0 Å². The highest BCUT2D eigenvalue weighted by Crippen LogP contribution is 2.29. The fourth-order valence-electron chi connectivity index (χ4n) is 2.87. The zero-order valence-electron chi connectivity index (χ0n) is 13.0. The Labute approximate surface area is 129 Å². The Hall–Kier alpha value is -2.34. The van der Waals surface area contributed by atoms with Crippen molar-refractivity contribution in [3.63, 3.8) is 0 Å². The first kappa shape index (κ1) is 14.6. The van der Waals surface area contributed by atoms with E-state index in [1.807, 2.05) is 26.0 Å². The van der Waals surface area contributed by atoms with Gasteiger partial charge in [0, 0.05) is 42.0 Å². The standard InChI is InChI=1S/C16H20N4O2/c1-9-4-5-12(10(2)15(9)22-3)18-16(21)14-11-8-17-7-6-13(11)19-20-14/h4-5,17H,6-8H2,1-3H3,(H,18,21)(H,19,20). The zero-order valence-corrected chi connectivity index (χ0v) is 13.0. The number of benzene rings is 1. The molecular formula is C16H20N4O2. The largest absolute Gasteiger partial charge is 0.496 e. The van der Waals surface area contributed by atoms with Crippen LogP contribution in [0, 0.1) is 13.8 Å². The van der Waals surface area contributed by atoms with Crippen LogP contribution in [-0.4, -0.2) is 29.8 Å². The number of carbonyl (C=O) groups excluding carboxylic acids is 1. The summed E-state index contributed by atoms with van der Waals surface area (Å²) in [6.45, 7) is 5.49. The monoisotopic (exact) mass is 300 g/mol. The van der Waals surface area contributed by atoms with Crippen molar-refractivity contribution in [2.75, 3.05) is 19.0 Å². The van der Waals surface area contributed by atoms with E-state index in [1.165, 1.54) is 0 Å². The average Bonchev–Trinajstić information content (AvgIpc) is 2.95. The second-order valence-electron chi connectivity index (χ2n) is 5.50. The Balaban J connectivity index is 1.88. The molecule has 0 spiro atoms. The van der Waals surface area contributed by atoms with Crippen molar-refractivity contribution < 1.29 is 9.53 Å². The van der Waals surface area contributed by atoms with Crippen LogP contribution in [0.5, 0.6) is 5.75 Å². The van der Waals surface area contributed by atoms with E-state index in [-0.39, 0.29) is 5.91 Å². The summed E-state index contributed by atoms with van der Waals surface area (Å²) in [4.78, 5) is 12.5. The molecule has 3 rings (SSSR count). The molecule has 0 bridgehead atoms. The van der Waals surface area contributed by atoms with Gasteiger partial charge in [-0.25, -0.2) is 0 Å². The smallest absolute Gasteiger partial charge is 0.276 e. The predicted octanol–water partition coefficient (Wildman–Crippen LogP) is 1.93. The fraction of sp³-hybridized carbons (Fsp3) is 0.375. The van der Waals surface area contributed by atoms with Crippen molar-refractivity contribution in [3.05, 3.63) is 40.2 Å². The lowest BCUT2D eigenvalue weighted by Crippen LogP contribution is -2.25. The number of rotatable bonds is 3. The molecule has 2 aromatic rings. The molecule has 116 valence electrons. The van der Waals surface area contributed by atoms with Crippen molar-refractivity contribution in [1.82, 2.24) is 15.5 Å². The van der Waals surface area contributed by atoms with Crippen LogP contribution in [0.2, 0.25) is 0 Å². The molecular weight excluding hydrogens is 280 g/mol. The van der Waals surface area contributed by atoms with Crippen molar-refractivity contribution in [2.24, 2.45) is 0 Å². The lowest BCUT2D eigenvalue weighted by atomic mass is 10.1. The van der Waals surface area contributed by atoms with Gasteiger partial charge in [0.25, 0.3) is 5.91 Å². The molecule has 0 radical (unpaired) electrons. The number of hydrogen-bond acceptors (Lipinski definition) is 4. The summed E-state index contributed by atoms with van der Waals surface area (Å²) in [5.74, 6) is 0.596. The Bertz CT molecular complexity index is 721. The number of aromatic nitrogens is 2. The second-order valence-corrected chi connectivity index (χ2v) is 5.50. The first-order valence-electron chi connectivity index (χ1n) is 7.34. The van der Waals surface area contributed by atoms with E-state index in [0.717, 1.165) is 46.8 Å². The van der Waals surface area contributed by atoms with E-state index < -0.39 is 0 Å². The fourth-order valence-corrected chi connectivity index (χ4v) is 2.87. The highest BCUT2D eigenvalue weighted by Gasteiger charge is 2.22. The topological polar surface area (TPSA) is 79.0 Å². The van der Waals surface area contributed by atoms with Crippen molar-refractivity contribution in [1.29, 1.82) is 0 Å². The average molecular weight is 300 g/mol. The number of aromatic amines is 1. The molecule has 0 atom stereocenters. The maximum atomic E-state index is 12.5. The number of ether oxygens (including phenoxy) is 1. The molecule has 0 fully saturated rings. The Kier molecular flexibility index (Phi) is 3.85. The summed E-state index contributed by atoms with van der Waals surface area (Å²) in [6, 6.07) is 3.82. The van der Waals surface area contributed by atoms with E-state index in [0.29, 0.717) is 12.2 Å². The van der Waals surface area contributed by atoms with Gasteiger partial charge < -0.3 is 15.4 Å². The molecule has 0 unspecified atom stereocenters. The number of H-pyrrole nitrogens is 1. The number of nitrogens with one attached hydrogen (secondary N) is 3. The third kappa shape index (κ3) is 2.46. The number of amides is 1. The van der Waals surface area contributed by atoms with Gasteiger partial charge in [-0.3, -0.25) is 9.89 Å². The molecule has 2 heterocycles. The van der Waals surface area contributed by atoms with Crippen LogP contribution in [0.3, 0.4) is 0 Å². The molecule has 22 heavy (non-hydrogen) atoms. The number of fused-ring (bicyclic) bond motifs is 1. The molecule has 1 amide bonds. The van der Waals surface area contributed by atoms with Gasteiger partial charge in [0.15, 0.2) is 5.69 Å². The first-order valence-corrected chi connectivity index (χ1v) is 7.34. The van der Waals surface area contributed by atoms with E-state index in [1.54, 1.807) is 7.11 Å². The molecule has 1 aliphatic heterocycles.